The molecule has 5 nitrogen and oxygen atoms in total. The monoisotopic (exact) mass is 177 g/mol. The van der Waals surface area contributed by atoms with Crippen LogP contribution in [0.15, 0.2) is 0 Å². The van der Waals surface area contributed by atoms with E-state index in [1.165, 1.54) is 7.11 Å². The standard InChI is InChI=1S/C7H15NO4/c1-12-5-2-8-4(3-9)6(10)7(5)11/h4-11H,2-3H2,1H3/t4-,5-,6-,7+/m0/s1. The van der Waals surface area contributed by atoms with Crippen molar-refractivity contribution in [2.75, 3.05) is 20.3 Å². The Morgan fingerprint density at radius 2 is 2.08 bits per heavy atom. The van der Waals surface area contributed by atoms with Gasteiger partial charge in [-0.25, -0.2) is 0 Å². The molecule has 5 heteroatoms. The zero-order valence-corrected chi connectivity index (χ0v) is 6.97. The topological polar surface area (TPSA) is 82.0 Å². The zero-order chi connectivity index (χ0) is 9.14. The van der Waals surface area contributed by atoms with Gasteiger partial charge in [0.1, 0.15) is 6.10 Å². The second kappa shape index (κ2) is 4.15. The largest absolute Gasteiger partial charge is 0.395 e. The normalized spacial score (nSPS) is 43.0. The Bertz CT molecular complexity index is 127. The molecule has 4 atom stereocenters. The second-order valence-corrected chi connectivity index (χ2v) is 2.95. The van der Waals surface area contributed by atoms with Crippen LogP contribution in [-0.2, 0) is 4.74 Å². The van der Waals surface area contributed by atoms with E-state index in [0.29, 0.717) is 6.54 Å². The smallest absolute Gasteiger partial charge is 0.109 e. The molecule has 1 aliphatic rings. The first kappa shape index (κ1) is 9.88. The van der Waals surface area contributed by atoms with E-state index in [1.807, 2.05) is 0 Å². The predicted molar refractivity (Wildman–Crippen MR) is 41.7 cm³/mol. The lowest BCUT2D eigenvalue weighted by Crippen LogP contribution is -2.61. The van der Waals surface area contributed by atoms with E-state index in [-0.39, 0.29) is 6.61 Å². The fraction of sp³-hybridized carbons (Fsp3) is 1.00. The number of aliphatic hydroxyl groups excluding tert-OH is 3. The highest BCUT2D eigenvalue weighted by molar-refractivity contribution is 4.92. The molecule has 12 heavy (non-hydrogen) atoms. The summed E-state index contributed by atoms with van der Waals surface area (Å²) < 4.78 is 4.91. The molecular weight excluding hydrogens is 162 g/mol. The van der Waals surface area contributed by atoms with Crippen LogP contribution >= 0.6 is 0 Å². The van der Waals surface area contributed by atoms with E-state index >= 15 is 0 Å². The van der Waals surface area contributed by atoms with Crippen molar-refractivity contribution < 1.29 is 20.1 Å². The van der Waals surface area contributed by atoms with Gasteiger partial charge >= 0.3 is 0 Å². The van der Waals surface area contributed by atoms with Gasteiger partial charge in [0.2, 0.25) is 0 Å². The summed E-state index contributed by atoms with van der Waals surface area (Å²) in [6, 6.07) is -0.452. The van der Waals surface area contributed by atoms with Crippen molar-refractivity contribution in [1.29, 1.82) is 0 Å². The molecule has 0 aromatic rings. The van der Waals surface area contributed by atoms with E-state index in [9.17, 15) is 10.2 Å². The molecule has 1 rings (SSSR count). The Kier molecular flexibility index (Phi) is 3.42. The van der Waals surface area contributed by atoms with Gasteiger partial charge in [0, 0.05) is 13.7 Å². The molecule has 1 saturated heterocycles. The molecular formula is C7H15NO4. The molecule has 72 valence electrons. The lowest BCUT2D eigenvalue weighted by Gasteiger charge is -2.36. The van der Waals surface area contributed by atoms with Crippen molar-refractivity contribution in [2.45, 2.75) is 24.4 Å². The first-order chi connectivity index (χ1) is 5.70. The summed E-state index contributed by atoms with van der Waals surface area (Å²) in [6.45, 7) is 0.259. The van der Waals surface area contributed by atoms with Gasteiger partial charge < -0.3 is 25.4 Å². The molecule has 1 fully saturated rings. The third-order valence-corrected chi connectivity index (χ3v) is 2.22. The van der Waals surface area contributed by atoms with Crippen LogP contribution in [0.25, 0.3) is 0 Å². The SMILES string of the molecule is CO[C@H]1CN[C@@H](CO)[C@H](O)[C@@H]1O. The van der Waals surface area contributed by atoms with E-state index in [4.69, 9.17) is 9.84 Å². The molecule has 0 spiro atoms. The lowest BCUT2D eigenvalue weighted by atomic mass is 9.96. The fourth-order valence-corrected chi connectivity index (χ4v) is 1.36. The summed E-state index contributed by atoms with van der Waals surface area (Å²) in [4.78, 5) is 0. The van der Waals surface area contributed by atoms with Gasteiger partial charge in [0.15, 0.2) is 0 Å². The molecule has 1 aliphatic heterocycles. The predicted octanol–water partition coefficient (Wildman–Crippen LogP) is -2.31. The second-order valence-electron chi connectivity index (χ2n) is 2.95. The third-order valence-electron chi connectivity index (χ3n) is 2.22. The Morgan fingerprint density at radius 3 is 2.58 bits per heavy atom. The van der Waals surface area contributed by atoms with E-state index in [2.05, 4.69) is 5.32 Å². The van der Waals surface area contributed by atoms with Crippen LogP contribution in [0.5, 0.6) is 0 Å². The minimum absolute atomic E-state index is 0.186. The van der Waals surface area contributed by atoms with Crippen LogP contribution in [0.4, 0.5) is 0 Å². The number of rotatable bonds is 2. The fourth-order valence-electron chi connectivity index (χ4n) is 1.36. The highest BCUT2D eigenvalue weighted by Gasteiger charge is 2.36. The van der Waals surface area contributed by atoms with Gasteiger partial charge in [-0.1, -0.05) is 0 Å². The van der Waals surface area contributed by atoms with Gasteiger partial charge in [0.25, 0.3) is 0 Å². The molecule has 0 unspecified atom stereocenters. The Labute approximate surface area is 71.0 Å². The average molecular weight is 177 g/mol. The van der Waals surface area contributed by atoms with E-state index < -0.39 is 24.4 Å². The van der Waals surface area contributed by atoms with Gasteiger partial charge in [-0.2, -0.15) is 0 Å². The molecule has 0 amide bonds. The number of ether oxygens (including phenoxy) is 1. The highest BCUT2D eigenvalue weighted by atomic mass is 16.5. The molecule has 0 bridgehead atoms. The van der Waals surface area contributed by atoms with Crippen molar-refractivity contribution in [3.63, 3.8) is 0 Å². The number of piperidine rings is 1. The summed E-state index contributed by atoms with van der Waals surface area (Å²) in [5, 5.41) is 30.4. The van der Waals surface area contributed by atoms with E-state index in [1.54, 1.807) is 0 Å². The lowest BCUT2D eigenvalue weighted by molar-refractivity contribution is -0.113. The summed E-state index contributed by atoms with van der Waals surface area (Å²) in [7, 11) is 1.47. The van der Waals surface area contributed by atoms with Gasteiger partial charge in [-0.05, 0) is 0 Å². The molecule has 4 N–H and O–H groups in total. The first-order valence-electron chi connectivity index (χ1n) is 3.94. The molecule has 0 aromatic carbocycles. The van der Waals surface area contributed by atoms with Gasteiger partial charge in [0.05, 0.1) is 24.9 Å². The van der Waals surface area contributed by atoms with Gasteiger partial charge in [-0.3, -0.25) is 0 Å². The molecule has 0 aromatic heterocycles. The van der Waals surface area contributed by atoms with Crippen molar-refractivity contribution in [3.05, 3.63) is 0 Å². The van der Waals surface area contributed by atoms with Crippen LogP contribution in [0.2, 0.25) is 0 Å². The number of hydrogen-bond donors (Lipinski definition) is 4. The summed E-state index contributed by atoms with van der Waals surface area (Å²) in [5.41, 5.74) is 0. The van der Waals surface area contributed by atoms with Crippen LogP contribution in [0.3, 0.4) is 0 Å². The quantitative estimate of drug-likeness (QED) is 0.381. The first-order valence-corrected chi connectivity index (χ1v) is 3.94. The number of hydrogen-bond acceptors (Lipinski definition) is 5. The maximum Gasteiger partial charge on any atom is 0.109 e. The number of methoxy groups -OCH3 is 1. The molecule has 1 heterocycles. The Hall–Kier alpha value is -0.200. The average Bonchev–Trinajstić information content (AvgIpc) is 2.10. The summed E-state index contributed by atoms with van der Waals surface area (Å²) >= 11 is 0. The number of nitrogens with one attached hydrogen (secondary N) is 1. The molecule has 0 aliphatic carbocycles. The van der Waals surface area contributed by atoms with Crippen LogP contribution in [-0.4, -0.2) is 59.9 Å². The Balaban J connectivity index is 2.52. The van der Waals surface area contributed by atoms with Crippen LogP contribution < -0.4 is 5.32 Å². The third kappa shape index (κ3) is 1.75. The van der Waals surface area contributed by atoms with Crippen LogP contribution in [0, 0.1) is 0 Å². The zero-order valence-electron chi connectivity index (χ0n) is 6.97. The van der Waals surface area contributed by atoms with Crippen molar-refractivity contribution in [1.82, 2.24) is 5.32 Å². The van der Waals surface area contributed by atoms with Crippen LogP contribution in [0.1, 0.15) is 0 Å². The highest BCUT2D eigenvalue weighted by Crippen LogP contribution is 2.12. The minimum atomic E-state index is -0.964. The van der Waals surface area contributed by atoms with Crippen molar-refractivity contribution in [3.8, 4) is 0 Å². The summed E-state index contributed by atoms with van der Waals surface area (Å²) in [6.07, 6.45) is -2.29. The van der Waals surface area contributed by atoms with Gasteiger partial charge in [-0.15, -0.1) is 0 Å². The maximum atomic E-state index is 9.41. The minimum Gasteiger partial charge on any atom is -0.395 e. The number of aliphatic hydroxyl groups is 3. The molecule has 0 radical (unpaired) electrons. The maximum absolute atomic E-state index is 9.41. The summed E-state index contributed by atoms with van der Waals surface area (Å²) in [5.74, 6) is 0. The molecule has 0 saturated carbocycles. The Morgan fingerprint density at radius 1 is 1.42 bits per heavy atom. The van der Waals surface area contributed by atoms with E-state index in [0.717, 1.165) is 0 Å². The van der Waals surface area contributed by atoms with Crippen molar-refractivity contribution >= 4 is 0 Å². The van der Waals surface area contributed by atoms with Crippen molar-refractivity contribution in [2.24, 2.45) is 0 Å².